The van der Waals surface area contributed by atoms with Gasteiger partial charge in [0.1, 0.15) is 11.4 Å². The Morgan fingerprint density at radius 2 is 1.13 bits per heavy atom. The largest absolute Gasteiger partial charge is 0.383 e. The fourth-order valence-corrected chi connectivity index (χ4v) is 7.40. The number of hydrogen-bond donors (Lipinski definition) is 0. The molecule has 0 unspecified atom stereocenters. The molecule has 8 aromatic rings. The molecule has 0 saturated carbocycles. The topological polar surface area (TPSA) is 67.7 Å². The van der Waals surface area contributed by atoms with E-state index in [0.717, 1.165) is 11.3 Å². The van der Waals surface area contributed by atoms with Crippen molar-refractivity contribution in [2.24, 2.45) is 0 Å². The lowest BCUT2D eigenvalue weighted by Gasteiger charge is -2.38. The first-order valence-electron chi connectivity index (χ1n) is 17.4. The van der Waals surface area contributed by atoms with Gasteiger partial charge in [0, 0.05) is 29.2 Å². The van der Waals surface area contributed by atoms with Crippen LogP contribution in [-0.2, 0) is 0 Å². The normalized spacial score (nSPS) is 13.0. The predicted molar refractivity (Wildman–Crippen MR) is 212 cm³/mol. The van der Waals surface area contributed by atoms with Crippen LogP contribution >= 0.6 is 0 Å². The maximum absolute atomic E-state index is 4.94. The van der Waals surface area contributed by atoms with Crippen molar-refractivity contribution in [2.45, 2.75) is 0 Å². The number of hydrogen-bond acceptors (Lipinski definition) is 6. The van der Waals surface area contributed by atoms with Crippen molar-refractivity contribution < 1.29 is 0 Å². The fraction of sp³-hybridized carbons (Fsp3) is 0. The van der Waals surface area contributed by atoms with Crippen LogP contribution in [0.1, 0.15) is 5.82 Å². The minimum Gasteiger partial charge on any atom is -0.383 e. The molecule has 0 fully saturated rings. The molecule has 10 rings (SSSR count). The van der Waals surface area contributed by atoms with Gasteiger partial charge in [-0.05, 0) is 98.8 Å². The van der Waals surface area contributed by atoms with Gasteiger partial charge in [-0.3, -0.25) is 9.97 Å². The second-order valence-electron chi connectivity index (χ2n) is 13.0. The highest BCUT2D eigenvalue weighted by atomic mass is 15.1. The summed E-state index contributed by atoms with van der Waals surface area (Å²) in [5, 5.41) is 2.49. The van der Waals surface area contributed by atoms with Crippen LogP contribution in [0.25, 0.3) is 72.8 Å². The van der Waals surface area contributed by atoms with Crippen LogP contribution < -0.4 is 10.3 Å². The molecule has 7 heteroatoms. The molecule has 0 spiro atoms. The summed E-state index contributed by atoms with van der Waals surface area (Å²) in [4.78, 5) is 26.1. The maximum atomic E-state index is 4.94. The third-order valence-corrected chi connectivity index (χ3v) is 9.86. The standard InChI is InChI=1S/C45H29BN6/c1-2-12-31-27-33(22-21-30(31)11-1)32-13-9-14-34(28-32)36-16-10-20-41-42(36)37-15-3-4-17-38(37)46-29-35(23-26-52(41)46)43-49-44(39-18-5-7-24-47-39)51-45(50-43)40-19-6-8-25-48-40/h1-29H. The third-order valence-electron chi connectivity index (χ3n) is 9.86. The van der Waals surface area contributed by atoms with Crippen LogP contribution in [0.4, 0.5) is 5.69 Å². The van der Waals surface area contributed by atoms with Crippen molar-refractivity contribution >= 4 is 34.3 Å². The molecule has 0 atom stereocenters. The van der Waals surface area contributed by atoms with Crippen LogP contribution in [0.2, 0.25) is 0 Å². The summed E-state index contributed by atoms with van der Waals surface area (Å²) in [6.07, 6.45) is 7.76. The van der Waals surface area contributed by atoms with Crippen LogP contribution in [0.15, 0.2) is 176 Å². The van der Waals surface area contributed by atoms with Crippen LogP contribution in [0, 0.1) is 0 Å². The number of nitrogens with zero attached hydrogens (tertiary/aromatic N) is 6. The van der Waals surface area contributed by atoms with E-state index in [0.29, 0.717) is 28.9 Å². The van der Waals surface area contributed by atoms with E-state index in [1.54, 1.807) is 12.4 Å². The molecule has 0 saturated heterocycles. The van der Waals surface area contributed by atoms with Crippen LogP contribution in [0.3, 0.4) is 0 Å². The molecule has 0 amide bonds. The van der Waals surface area contributed by atoms with E-state index < -0.39 is 0 Å². The Hall–Kier alpha value is -6.99. The van der Waals surface area contributed by atoms with Gasteiger partial charge in [-0.25, -0.2) is 15.0 Å². The summed E-state index contributed by atoms with van der Waals surface area (Å²) < 4.78 is 0. The van der Waals surface area contributed by atoms with Gasteiger partial charge >= 0.3 is 6.85 Å². The van der Waals surface area contributed by atoms with Crippen molar-refractivity contribution in [1.29, 1.82) is 0 Å². The molecular formula is C45H29BN6. The van der Waals surface area contributed by atoms with E-state index >= 15 is 0 Å². The van der Waals surface area contributed by atoms with Crippen molar-refractivity contribution in [3.8, 4) is 56.4 Å². The van der Waals surface area contributed by atoms with E-state index in [9.17, 15) is 0 Å². The minimum absolute atomic E-state index is 0.0590. The van der Waals surface area contributed by atoms with Crippen molar-refractivity contribution in [2.75, 3.05) is 4.81 Å². The molecular weight excluding hydrogens is 635 g/mol. The molecule has 0 N–H and O–H groups in total. The van der Waals surface area contributed by atoms with E-state index in [1.165, 1.54) is 49.6 Å². The Bertz CT molecular complexity index is 2650. The molecule has 5 aromatic carbocycles. The number of rotatable bonds is 5. The third kappa shape index (κ3) is 5.18. The van der Waals surface area contributed by atoms with E-state index in [1.807, 2.05) is 36.4 Å². The smallest absolute Gasteiger partial charge is 0.321 e. The Morgan fingerprint density at radius 3 is 1.92 bits per heavy atom. The lowest BCUT2D eigenvalue weighted by molar-refractivity contribution is 1.01. The van der Waals surface area contributed by atoms with Gasteiger partial charge in [-0.1, -0.05) is 109 Å². The summed E-state index contributed by atoms with van der Waals surface area (Å²) in [6.45, 7) is -0.0590. The Morgan fingerprint density at radius 1 is 0.481 bits per heavy atom. The van der Waals surface area contributed by atoms with Gasteiger partial charge in [0.15, 0.2) is 17.5 Å². The van der Waals surface area contributed by atoms with Crippen molar-refractivity contribution in [1.82, 2.24) is 24.9 Å². The van der Waals surface area contributed by atoms with Crippen LogP contribution in [-0.4, -0.2) is 31.8 Å². The number of benzene rings is 5. The zero-order chi connectivity index (χ0) is 34.4. The van der Waals surface area contributed by atoms with Crippen molar-refractivity contribution in [3.05, 3.63) is 182 Å². The molecule has 2 aliphatic rings. The molecule has 52 heavy (non-hydrogen) atoms. The molecule has 242 valence electrons. The van der Waals surface area contributed by atoms with Gasteiger partial charge in [0.2, 0.25) is 0 Å². The number of aromatic nitrogens is 5. The second-order valence-corrected chi connectivity index (χ2v) is 13.0. The number of allylic oxidation sites excluding steroid dienone is 2. The summed E-state index contributed by atoms with van der Waals surface area (Å²) in [5.41, 5.74) is 11.9. The first-order chi connectivity index (χ1) is 25.8. The Labute approximate surface area is 301 Å². The number of anilines is 1. The monoisotopic (exact) mass is 664 g/mol. The maximum Gasteiger partial charge on any atom is 0.321 e. The molecule has 0 radical (unpaired) electrons. The molecule has 0 aliphatic carbocycles. The highest BCUT2D eigenvalue weighted by molar-refractivity contribution is 6.84. The van der Waals surface area contributed by atoms with Gasteiger partial charge in [0.25, 0.3) is 0 Å². The second kappa shape index (κ2) is 12.4. The first kappa shape index (κ1) is 29.9. The molecule has 2 aliphatic heterocycles. The lowest BCUT2D eigenvalue weighted by atomic mass is 9.48. The number of fused-ring (bicyclic) bond motifs is 7. The first-order valence-corrected chi connectivity index (χ1v) is 17.4. The van der Waals surface area contributed by atoms with Gasteiger partial charge < -0.3 is 4.81 Å². The van der Waals surface area contributed by atoms with E-state index in [2.05, 4.69) is 142 Å². The zero-order valence-electron chi connectivity index (χ0n) is 28.0. The van der Waals surface area contributed by atoms with Crippen LogP contribution in [0.5, 0.6) is 0 Å². The average Bonchev–Trinajstić information content (AvgIpc) is 3.23. The summed E-state index contributed by atoms with van der Waals surface area (Å²) in [5.74, 6) is 3.85. The highest BCUT2D eigenvalue weighted by Gasteiger charge is 2.36. The predicted octanol–water partition coefficient (Wildman–Crippen LogP) is 9.32. The fourth-order valence-electron chi connectivity index (χ4n) is 7.40. The highest BCUT2D eigenvalue weighted by Crippen LogP contribution is 2.44. The van der Waals surface area contributed by atoms with E-state index in [4.69, 9.17) is 15.0 Å². The van der Waals surface area contributed by atoms with E-state index in [-0.39, 0.29) is 6.85 Å². The summed E-state index contributed by atoms with van der Waals surface area (Å²) in [6, 6.07) is 51.0. The van der Waals surface area contributed by atoms with Crippen molar-refractivity contribution in [3.63, 3.8) is 0 Å². The zero-order valence-corrected chi connectivity index (χ0v) is 28.0. The SMILES string of the molecule is C1=CN2B(C=C1c1nc(-c3ccccn3)nc(-c3ccccn3)n1)c1ccccc1-c1c(-c3cccc(-c4ccc5ccccc5c4)c3)cccc12. The van der Waals surface area contributed by atoms with Gasteiger partial charge in [-0.15, -0.1) is 0 Å². The lowest BCUT2D eigenvalue weighted by Crippen LogP contribution is -2.49. The average molecular weight is 665 g/mol. The van der Waals surface area contributed by atoms with Gasteiger partial charge in [0.05, 0.1) is 0 Å². The summed E-state index contributed by atoms with van der Waals surface area (Å²) >= 11 is 0. The molecule has 3 aromatic heterocycles. The summed E-state index contributed by atoms with van der Waals surface area (Å²) in [7, 11) is 0. The Balaban J connectivity index is 1.07. The minimum atomic E-state index is -0.0590. The quantitative estimate of drug-likeness (QED) is 0.171. The number of pyridine rings is 2. The molecule has 5 heterocycles. The molecule has 6 nitrogen and oxygen atoms in total. The molecule has 0 bridgehead atoms. The Kier molecular flexibility index (Phi) is 7.13. The van der Waals surface area contributed by atoms with Gasteiger partial charge in [-0.2, -0.15) is 0 Å².